The molecule has 0 fully saturated rings. The van der Waals surface area contributed by atoms with Crippen molar-refractivity contribution in [1.82, 2.24) is 0 Å². The van der Waals surface area contributed by atoms with Crippen molar-refractivity contribution in [1.29, 1.82) is 0 Å². The summed E-state index contributed by atoms with van der Waals surface area (Å²) in [5.74, 6) is -0.305. The monoisotopic (exact) mass is 246 g/mol. The van der Waals surface area contributed by atoms with Gasteiger partial charge in [-0.3, -0.25) is 0 Å². The Bertz CT molecular complexity index is 438. The molecular weight excluding hydrogens is 243 g/mol. The summed E-state index contributed by atoms with van der Waals surface area (Å²) in [6, 6.07) is 4.58. The van der Waals surface area contributed by atoms with Gasteiger partial charge in [-0.25, -0.2) is 4.39 Å². The van der Waals surface area contributed by atoms with Crippen LogP contribution < -0.4 is 0 Å². The number of hydrogen-bond acceptors (Lipinski definition) is 2. The number of hydrogen-bond donors (Lipinski definition) is 1. The van der Waals surface area contributed by atoms with Gasteiger partial charge in [-0.1, -0.05) is 11.3 Å². The maximum atomic E-state index is 12.9. The second-order valence-electron chi connectivity index (χ2n) is 2.36. The van der Waals surface area contributed by atoms with E-state index in [0.717, 1.165) is 10.1 Å². The highest BCUT2D eigenvalue weighted by Gasteiger charge is 2.07. The third kappa shape index (κ3) is 1.11. The van der Waals surface area contributed by atoms with Crippen LogP contribution in [0.2, 0.25) is 0 Å². The van der Waals surface area contributed by atoms with Gasteiger partial charge in [0.2, 0.25) is 0 Å². The summed E-state index contributed by atoms with van der Waals surface area (Å²) in [6.07, 6.45) is 0. The second-order valence-corrected chi connectivity index (χ2v) is 4.21. The third-order valence-corrected chi connectivity index (χ3v) is 3.28. The van der Waals surface area contributed by atoms with E-state index in [9.17, 15) is 4.39 Å². The molecule has 1 aromatic heterocycles. The van der Waals surface area contributed by atoms with Crippen LogP contribution >= 0.6 is 27.3 Å². The molecule has 0 atom stereocenters. The summed E-state index contributed by atoms with van der Waals surface area (Å²) < 4.78 is 14.2. The molecule has 2 rings (SSSR count). The summed E-state index contributed by atoms with van der Waals surface area (Å²) in [7, 11) is 0. The third-order valence-electron chi connectivity index (χ3n) is 1.57. The highest BCUT2D eigenvalue weighted by molar-refractivity contribution is 9.10. The zero-order chi connectivity index (χ0) is 8.72. The molecule has 1 N–H and O–H groups in total. The predicted octanol–water partition coefficient (Wildman–Crippen LogP) is 3.51. The highest BCUT2D eigenvalue weighted by Crippen LogP contribution is 2.36. The van der Waals surface area contributed by atoms with E-state index in [2.05, 4.69) is 15.9 Å². The van der Waals surface area contributed by atoms with Gasteiger partial charge in [-0.2, -0.15) is 0 Å². The fourth-order valence-electron chi connectivity index (χ4n) is 1.04. The Hall–Kier alpha value is -0.610. The van der Waals surface area contributed by atoms with E-state index >= 15 is 0 Å². The van der Waals surface area contributed by atoms with E-state index in [0.29, 0.717) is 4.47 Å². The smallest absolute Gasteiger partial charge is 0.172 e. The Labute approximate surface area is 80.6 Å². The molecule has 4 heteroatoms. The molecule has 0 aliphatic heterocycles. The first kappa shape index (κ1) is 8.01. The molecule has 1 heterocycles. The van der Waals surface area contributed by atoms with Crippen LogP contribution in [0, 0.1) is 5.82 Å². The van der Waals surface area contributed by atoms with Crippen molar-refractivity contribution >= 4 is 37.4 Å². The molecule has 0 saturated heterocycles. The van der Waals surface area contributed by atoms with Crippen LogP contribution in [0.15, 0.2) is 22.7 Å². The Morgan fingerprint density at radius 1 is 1.42 bits per heavy atom. The molecule has 0 spiro atoms. The van der Waals surface area contributed by atoms with Crippen LogP contribution in [0.4, 0.5) is 4.39 Å². The van der Waals surface area contributed by atoms with Crippen LogP contribution in [-0.4, -0.2) is 5.11 Å². The zero-order valence-corrected chi connectivity index (χ0v) is 8.25. The first-order valence-corrected chi connectivity index (χ1v) is 4.86. The summed E-state index contributed by atoms with van der Waals surface area (Å²) in [4.78, 5) is 0. The van der Waals surface area contributed by atoms with Crippen LogP contribution in [0.25, 0.3) is 10.1 Å². The molecule has 0 amide bonds. The highest BCUT2D eigenvalue weighted by atomic mass is 79.9. The number of halogens is 2. The molecule has 0 aliphatic carbocycles. The summed E-state index contributed by atoms with van der Waals surface area (Å²) in [5.41, 5.74) is 0. The fourth-order valence-corrected chi connectivity index (χ4v) is 2.44. The Kier molecular flexibility index (Phi) is 1.81. The summed E-state index contributed by atoms with van der Waals surface area (Å²) >= 11 is 4.35. The largest absolute Gasteiger partial charge is 0.499 e. The summed E-state index contributed by atoms with van der Waals surface area (Å²) in [6.45, 7) is 0. The number of benzene rings is 1. The van der Waals surface area contributed by atoms with Gasteiger partial charge in [0.05, 0.1) is 4.47 Å². The molecule has 12 heavy (non-hydrogen) atoms. The first-order valence-electron chi connectivity index (χ1n) is 3.25. The molecule has 1 nitrogen and oxygen atoms in total. The quantitative estimate of drug-likeness (QED) is 0.755. The molecule has 2 aromatic rings. The normalized spacial score (nSPS) is 10.8. The van der Waals surface area contributed by atoms with Crippen molar-refractivity contribution in [2.75, 3.05) is 0 Å². The summed E-state index contributed by atoms with van der Waals surface area (Å²) in [5, 5.41) is 10.1. The van der Waals surface area contributed by atoms with Gasteiger partial charge in [0.1, 0.15) is 5.82 Å². The minimum atomic E-state index is -0.305. The van der Waals surface area contributed by atoms with Crippen molar-refractivity contribution in [3.05, 3.63) is 28.5 Å². The van der Waals surface area contributed by atoms with E-state index < -0.39 is 0 Å². The first-order chi connectivity index (χ1) is 5.68. The van der Waals surface area contributed by atoms with E-state index in [1.54, 1.807) is 12.1 Å². The Balaban J connectivity index is 2.89. The SMILES string of the molecule is Oc1cc2c(Br)c(F)ccc2s1. The maximum absolute atomic E-state index is 12.9. The minimum absolute atomic E-state index is 0.205. The lowest BCUT2D eigenvalue weighted by Gasteiger charge is -1.93. The van der Waals surface area contributed by atoms with Crippen LogP contribution in [0.5, 0.6) is 5.06 Å². The van der Waals surface area contributed by atoms with Crippen molar-refractivity contribution < 1.29 is 9.50 Å². The molecule has 0 radical (unpaired) electrons. The zero-order valence-electron chi connectivity index (χ0n) is 5.84. The second kappa shape index (κ2) is 2.71. The van der Waals surface area contributed by atoms with Crippen molar-refractivity contribution in [3.63, 3.8) is 0 Å². The van der Waals surface area contributed by atoms with Crippen molar-refractivity contribution in [3.8, 4) is 5.06 Å². The van der Waals surface area contributed by atoms with Gasteiger partial charge < -0.3 is 5.11 Å². The topological polar surface area (TPSA) is 20.2 Å². The van der Waals surface area contributed by atoms with Gasteiger partial charge in [-0.15, -0.1) is 0 Å². The van der Waals surface area contributed by atoms with Gasteiger partial charge in [0.15, 0.2) is 5.06 Å². The predicted molar refractivity (Wildman–Crippen MR) is 51.1 cm³/mol. The molecule has 0 saturated carbocycles. The fraction of sp³-hybridized carbons (Fsp3) is 0. The lowest BCUT2D eigenvalue weighted by atomic mass is 10.2. The lowest BCUT2D eigenvalue weighted by molar-refractivity contribution is 0.491. The number of aromatic hydroxyl groups is 1. The maximum Gasteiger partial charge on any atom is 0.172 e. The average Bonchev–Trinajstić information content (AvgIpc) is 2.39. The number of rotatable bonds is 0. The standard InChI is InChI=1S/C8H4BrFOS/c9-8-4-3-7(11)12-6(4)2-1-5(8)10/h1-3,11H. The average molecular weight is 247 g/mol. The van der Waals surface area contributed by atoms with E-state index in [4.69, 9.17) is 5.11 Å². The van der Waals surface area contributed by atoms with Crippen LogP contribution in [0.3, 0.4) is 0 Å². The van der Waals surface area contributed by atoms with Crippen LogP contribution in [-0.2, 0) is 0 Å². The molecule has 0 bridgehead atoms. The van der Waals surface area contributed by atoms with E-state index in [-0.39, 0.29) is 10.9 Å². The van der Waals surface area contributed by atoms with E-state index in [1.807, 2.05) is 0 Å². The Morgan fingerprint density at radius 3 is 2.92 bits per heavy atom. The molecule has 0 unspecified atom stereocenters. The van der Waals surface area contributed by atoms with Gasteiger partial charge in [0.25, 0.3) is 0 Å². The lowest BCUT2D eigenvalue weighted by Crippen LogP contribution is -1.74. The molecule has 0 aliphatic rings. The van der Waals surface area contributed by atoms with Gasteiger partial charge >= 0.3 is 0 Å². The minimum Gasteiger partial charge on any atom is -0.499 e. The van der Waals surface area contributed by atoms with Gasteiger partial charge in [0, 0.05) is 16.2 Å². The van der Waals surface area contributed by atoms with Gasteiger partial charge in [-0.05, 0) is 28.1 Å². The number of thiophene rings is 1. The molecule has 1 aromatic carbocycles. The van der Waals surface area contributed by atoms with Crippen LogP contribution in [0.1, 0.15) is 0 Å². The van der Waals surface area contributed by atoms with Crippen molar-refractivity contribution in [2.24, 2.45) is 0 Å². The molecular formula is C8H4BrFOS. The number of fused-ring (bicyclic) bond motifs is 1. The molecule has 62 valence electrons. The Morgan fingerprint density at radius 2 is 2.17 bits per heavy atom. The van der Waals surface area contributed by atoms with Crippen molar-refractivity contribution in [2.45, 2.75) is 0 Å². The van der Waals surface area contributed by atoms with E-state index in [1.165, 1.54) is 17.4 Å².